The number of rotatable bonds is 22. The van der Waals surface area contributed by atoms with Crippen molar-refractivity contribution in [3.8, 4) is 0 Å². The minimum absolute atomic E-state index is 0. The third-order valence-electron chi connectivity index (χ3n) is 6.87. The predicted molar refractivity (Wildman–Crippen MR) is 145 cm³/mol. The number of hydrogen-bond acceptors (Lipinski definition) is 1. The van der Waals surface area contributed by atoms with Crippen LogP contribution in [0.4, 0.5) is 0 Å². The van der Waals surface area contributed by atoms with Crippen molar-refractivity contribution in [2.24, 2.45) is 11.7 Å². The molecule has 0 aliphatic carbocycles. The van der Waals surface area contributed by atoms with Crippen LogP contribution in [0.3, 0.4) is 0 Å². The Bertz CT molecular complexity index is 291. The van der Waals surface area contributed by atoms with E-state index in [4.69, 9.17) is 5.73 Å². The average Bonchev–Trinajstić information content (AvgIpc) is 2.69. The Hall–Kier alpha value is 0.690. The standard InChI is InChI=1S/C27H57N.HI/c1-5-9-13-16-19-23-26(22-12-8-4)27(28,24-20-17-14-10-6-2)25-21-18-15-11-7-3;/h26H,5-25,28H2,1-4H3;1H. The van der Waals surface area contributed by atoms with Gasteiger partial charge < -0.3 is 5.73 Å². The van der Waals surface area contributed by atoms with E-state index in [2.05, 4.69) is 27.7 Å². The van der Waals surface area contributed by atoms with Gasteiger partial charge in [-0.1, -0.05) is 137 Å². The molecule has 0 aromatic rings. The zero-order valence-corrected chi connectivity index (χ0v) is 23.2. The van der Waals surface area contributed by atoms with Crippen LogP contribution in [-0.2, 0) is 0 Å². The Balaban J connectivity index is 0. The lowest BCUT2D eigenvalue weighted by Crippen LogP contribution is -2.47. The van der Waals surface area contributed by atoms with Gasteiger partial charge in [-0.05, 0) is 31.6 Å². The molecule has 0 rings (SSSR count). The summed E-state index contributed by atoms with van der Waals surface area (Å²) in [5, 5.41) is 0. The Labute approximate surface area is 203 Å². The SMILES string of the molecule is CCCCCCCC(CCCC)C(N)(CCCCCCC)CCCCCCC.I. The highest BCUT2D eigenvalue weighted by Gasteiger charge is 2.32. The summed E-state index contributed by atoms with van der Waals surface area (Å²) < 4.78 is 0. The molecule has 29 heavy (non-hydrogen) atoms. The molecule has 0 saturated carbocycles. The largest absolute Gasteiger partial charge is 0.325 e. The smallest absolute Gasteiger partial charge is 0.0182 e. The van der Waals surface area contributed by atoms with Crippen LogP contribution in [0.2, 0.25) is 0 Å². The number of halogens is 1. The van der Waals surface area contributed by atoms with E-state index in [1.165, 1.54) is 135 Å². The lowest BCUT2D eigenvalue weighted by molar-refractivity contribution is 0.190. The van der Waals surface area contributed by atoms with Crippen LogP contribution in [-0.4, -0.2) is 5.54 Å². The van der Waals surface area contributed by atoms with E-state index in [9.17, 15) is 0 Å². The summed E-state index contributed by atoms with van der Waals surface area (Å²) in [6.07, 6.45) is 28.7. The maximum Gasteiger partial charge on any atom is 0.0182 e. The lowest BCUT2D eigenvalue weighted by atomic mass is 9.72. The first-order chi connectivity index (χ1) is 13.6. The fourth-order valence-corrected chi connectivity index (χ4v) is 4.81. The summed E-state index contributed by atoms with van der Waals surface area (Å²) in [6.45, 7) is 9.27. The molecule has 0 spiro atoms. The third kappa shape index (κ3) is 18.0. The van der Waals surface area contributed by atoms with E-state index < -0.39 is 0 Å². The van der Waals surface area contributed by atoms with E-state index in [0.717, 1.165) is 5.92 Å². The average molecular weight is 524 g/mol. The van der Waals surface area contributed by atoms with E-state index >= 15 is 0 Å². The second kappa shape index (κ2) is 23.4. The summed E-state index contributed by atoms with van der Waals surface area (Å²) in [5.41, 5.74) is 7.36. The molecule has 1 unspecified atom stereocenters. The van der Waals surface area contributed by atoms with Crippen molar-refractivity contribution in [3.63, 3.8) is 0 Å². The second-order valence-electron chi connectivity index (χ2n) is 9.60. The molecule has 0 radical (unpaired) electrons. The Morgan fingerprint density at radius 2 is 0.828 bits per heavy atom. The number of hydrogen-bond donors (Lipinski definition) is 1. The van der Waals surface area contributed by atoms with Crippen molar-refractivity contribution in [1.82, 2.24) is 0 Å². The minimum Gasteiger partial charge on any atom is -0.325 e. The molecule has 0 amide bonds. The summed E-state index contributed by atoms with van der Waals surface area (Å²) in [4.78, 5) is 0. The fraction of sp³-hybridized carbons (Fsp3) is 1.00. The zero-order valence-electron chi connectivity index (χ0n) is 20.9. The quantitative estimate of drug-likeness (QED) is 0.111. The molecule has 178 valence electrons. The first kappa shape index (κ1) is 31.9. The maximum atomic E-state index is 7.25. The van der Waals surface area contributed by atoms with Gasteiger partial charge in [-0.25, -0.2) is 0 Å². The molecule has 0 heterocycles. The van der Waals surface area contributed by atoms with E-state index in [1.807, 2.05) is 0 Å². The van der Waals surface area contributed by atoms with Crippen LogP contribution in [0.25, 0.3) is 0 Å². The van der Waals surface area contributed by atoms with Gasteiger partial charge in [0.05, 0.1) is 0 Å². The van der Waals surface area contributed by atoms with Crippen molar-refractivity contribution in [2.45, 2.75) is 168 Å². The van der Waals surface area contributed by atoms with Crippen LogP contribution >= 0.6 is 24.0 Å². The van der Waals surface area contributed by atoms with Crippen LogP contribution in [0.5, 0.6) is 0 Å². The first-order valence-electron chi connectivity index (χ1n) is 13.4. The highest BCUT2D eigenvalue weighted by molar-refractivity contribution is 14.0. The molecule has 0 fully saturated rings. The van der Waals surface area contributed by atoms with Gasteiger partial charge in [-0.2, -0.15) is 0 Å². The summed E-state index contributed by atoms with van der Waals surface area (Å²) in [6, 6.07) is 0. The van der Waals surface area contributed by atoms with Crippen molar-refractivity contribution in [3.05, 3.63) is 0 Å². The van der Waals surface area contributed by atoms with Crippen LogP contribution in [0.15, 0.2) is 0 Å². The van der Waals surface area contributed by atoms with Gasteiger partial charge in [-0.3, -0.25) is 0 Å². The van der Waals surface area contributed by atoms with Crippen LogP contribution in [0.1, 0.15) is 163 Å². The van der Waals surface area contributed by atoms with Crippen LogP contribution < -0.4 is 5.73 Å². The molecule has 0 bridgehead atoms. The third-order valence-corrected chi connectivity index (χ3v) is 6.87. The molecular formula is C27H58IN. The molecule has 0 saturated heterocycles. The van der Waals surface area contributed by atoms with Gasteiger partial charge >= 0.3 is 0 Å². The number of unbranched alkanes of at least 4 members (excludes halogenated alkanes) is 13. The summed E-state index contributed by atoms with van der Waals surface area (Å²) in [5.74, 6) is 0.756. The molecule has 1 atom stereocenters. The summed E-state index contributed by atoms with van der Waals surface area (Å²) >= 11 is 0. The molecule has 1 nitrogen and oxygen atoms in total. The molecule has 0 aromatic carbocycles. The van der Waals surface area contributed by atoms with Gasteiger partial charge in [0.1, 0.15) is 0 Å². The number of nitrogens with two attached hydrogens (primary N) is 1. The normalized spacial score (nSPS) is 12.7. The monoisotopic (exact) mass is 523 g/mol. The van der Waals surface area contributed by atoms with E-state index in [0.29, 0.717) is 0 Å². The predicted octanol–water partition coefficient (Wildman–Crippen LogP) is 10.2. The zero-order chi connectivity index (χ0) is 20.9. The Morgan fingerprint density at radius 1 is 0.483 bits per heavy atom. The topological polar surface area (TPSA) is 26.0 Å². The lowest BCUT2D eigenvalue weighted by Gasteiger charge is -2.39. The molecule has 0 aromatic heterocycles. The second-order valence-corrected chi connectivity index (χ2v) is 9.60. The van der Waals surface area contributed by atoms with Gasteiger partial charge in [0.15, 0.2) is 0 Å². The van der Waals surface area contributed by atoms with Crippen molar-refractivity contribution < 1.29 is 0 Å². The first-order valence-corrected chi connectivity index (χ1v) is 13.4. The van der Waals surface area contributed by atoms with Crippen LogP contribution in [0, 0.1) is 5.92 Å². The van der Waals surface area contributed by atoms with Crippen molar-refractivity contribution in [2.75, 3.05) is 0 Å². The highest BCUT2D eigenvalue weighted by atomic mass is 127. The fourth-order valence-electron chi connectivity index (χ4n) is 4.81. The molecule has 2 N–H and O–H groups in total. The minimum atomic E-state index is 0. The van der Waals surface area contributed by atoms with Gasteiger partial charge in [0.25, 0.3) is 0 Å². The Morgan fingerprint density at radius 3 is 1.24 bits per heavy atom. The Kier molecular flexibility index (Phi) is 25.7. The summed E-state index contributed by atoms with van der Waals surface area (Å²) in [7, 11) is 0. The highest BCUT2D eigenvalue weighted by Crippen LogP contribution is 2.35. The molecular weight excluding hydrogens is 465 g/mol. The van der Waals surface area contributed by atoms with E-state index in [-0.39, 0.29) is 29.5 Å². The maximum absolute atomic E-state index is 7.25. The van der Waals surface area contributed by atoms with Gasteiger partial charge in [0, 0.05) is 5.54 Å². The van der Waals surface area contributed by atoms with Gasteiger partial charge in [0.2, 0.25) is 0 Å². The van der Waals surface area contributed by atoms with Crippen molar-refractivity contribution >= 4 is 24.0 Å². The molecule has 0 aliphatic heterocycles. The molecule has 2 heteroatoms. The molecule has 0 aliphatic rings. The van der Waals surface area contributed by atoms with Gasteiger partial charge in [-0.15, -0.1) is 24.0 Å². The van der Waals surface area contributed by atoms with E-state index in [1.54, 1.807) is 0 Å². The van der Waals surface area contributed by atoms with Crippen molar-refractivity contribution in [1.29, 1.82) is 0 Å².